The highest BCUT2D eigenvalue weighted by Gasteiger charge is 2.45. The van der Waals surface area contributed by atoms with Gasteiger partial charge in [-0.25, -0.2) is 0 Å². The number of aliphatic hydroxyl groups is 1. The van der Waals surface area contributed by atoms with Crippen molar-refractivity contribution >= 4 is 34.8 Å². The van der Waals surface area contributed by atoms with Crippen LogP contribution in [-0.4, -0.2) is 49.2 Å². The average Bonchev–Trinajstić information content (AvgIpc) is 3.03. The molecule has 1 amide bonds. The number of carbonyl (C=O) groups excluding carboxylic acids is 2. The first-order chi connectivity index (χ1) is 15.6. The van der Waals surface area contributed by atoms with Crippen LogP contribution in [0.15, 0.2) is 54.1 Å². The van der Waals surface area contributed by atoms with Gasteiger partial charge in [-0.15, -0.1) is 0 Å². The Kier molecular flexibility index (Phi) is 6.47. The summed E-state index contributed by atoms with van der Waals surface area (Å²) in [5, 5.41) is 41.6. The standard InChI is InChI=1S/C21H17N3O9/c25-16(26)2-1-11-22-18(12-3-7-14(8-4-12)23(30)31)17(20(28)21(22)29)19(27)13-5-9-15(10-6-13)24(32)33/h3-10,18,27H,1-2,11H2,(H,25,26). The van der Waals surface area contributed by atoms with E-state index in [1.807, 2.05) is 0 Å². The first kappa shape index (κ1) is 23.1. The first-order valence-electron chi connectivity index (χ1n) is 9.61. The van der Waals surface area contributed by atoms with E-state index in [0.29, 0.717) is 5.56 Å². The topological polar surface area (TPSA) is 181 Å². The van der Waals surface area contributed by atoms with Crippen LogP contribution in [0.1, 0.15) is 30.0 Å². The molecule has 2 N–H and O–H groups in total. The molecule has 1 aliphatic heterocycles. The molecule has 1 saturated heterocycles. The number of Topliss-reactive ketones (excluding diaryl/α,β-unsaturated/α-hetero) is 1. The van der Waals surface area contributed by atoms with Crippen LogP contribution in [0.25, 0.3) is 5.76 Å². The van der Waals surface area contributed by atoms with Crippen LogP contribution in [0.5, 0.6) is 0 Å². The fraction of sp³-hybridized carbons (Fsp3) is 0.190. The smallest absolute Gasteiger partial charge is 0.303 e. The Balaban J connectivity index is 2.10. The first-order valence-corrected chi connectivity index (χ1v) is 9.61. The molecule has 1 unspecified atom stereocenters. The number of nitro benzene ring substituents is 2. The van der Waals surface area contributed by atoms with Gasteiger partial charge in [-0.3, -0.25) is 34.6 Å². The fourth-order valence-electron chi connectivity index (χ4n) is 3.53. The van der Waals surface area contributed by atoms with Gasteiger partial charge in [0, 0.05) is 42.8 Å². The van der Waals surface area contributed by atoms with E-state index in [1.54, 1.807) is 0 Å². The van der Waals surface area contributed by atoms with Gasteiger partial charge in [0.15, 0.2) is 0 Å². The Hall–Kier alpha value is -4.61. The van der Waals surface area contributed by atoms with Crippen LogP contribution in [0.4, 0.5) is 11.4 Å². The Bertz CT molecular complexity index is 1170. The summed E-state index contributed by atoms with van der Waals surface area (Å²) in [6.45, 7) is -0.116. The molecule has 2 aromatic rings. The van der Waals surface area contributed by atoms with Crippen molar-refractivity contribution < 1.29 is 34.4 Å². The minimum atomic E-state index is -1.13. The van der Waals surface area contributed by atoms with E-state index < -0.39 is 39.3 Å². The second-order valence-corrected chi connectivity index (χ2v) is 7.14. The molecule has 1 aliphatic rings. The number of ketones is 1. The molecule has 2 aromatic carbocycles. The van der Waals surface area contributed by atoms with Crippen LogP contribution in [0, 0.1) is 20.2 Å². The Morgan fingerprint density at radius 2 is 1.42 bits per heavy atom. The summed E-state index contributed by atoms with van der Waals surface area (Å²) < 4.78 is 0. The van der Waals surface area contributed by atoms with Gasteiger partial charge in [0.05, 0.1) is 21.5 Å². The number of rotatable bonds is 8. The summed E-state index contributed by atoms with van der Waals surface area (Å²) in [6.07, 6.45) is -0.234. The summed E-state index contributed by atoms with van der Waals surface area (Å²) in [5.41, 5.74) is -0.433. The maximum atomic E-state index is 12.8. The van der Waals surface area contributed by atoms with E-state index in [2.05, 4.69) is 0 Å². The number of amides is 1. The monoisotopic (exact) mass is 455 g/mol. The van der Waals surface area contributed by atoms with Crippen LogP contribution >= 0.6 is 0 Å². The largest absolute Gasteiger partial charge is 0.507 e. The lowest BCUT2D eigenvalue weighted by atomic mass is 9.95. The van der Waals surface area contributed by atoms with Gasteiger partial charge in [-0.2, -0.15) is 0 Å². The number of nitro groups is 2. The van der Waals surface area contributed by atoms with Crippen LogP contribution in [0.2, 0.25) is 0 Å². The Morgan fingerprint density at radius 1 is 0.909 bits per heavy atom. The van der Waals surface area contributed by atoms with Crippen molar-refractivity contribution in [3.8, 4) is 0 Å². The molecular weight excluding hydrogens is 438 g/mol. The molecule has 1 heterocycles. The molecule has 0 saturated carbocycles. The van der Waals surface area contributed by atoms with Gasteiger partial charge in [0.25, 0.3) is 23.1 Å². The molecule has 0 radical (unpaired) electrons. The number of aliphatic carboxylic acids is 1. The van der Waals surface area contributed by atoms with Gasteiger partial charge in [0.2, 0.25) is 0 Å². The highest BCUT2D eigenvalue weighted by molar-refractivity contribution is 6.46. The van der Waals surface area contributed by atoms with Crippen molar-refractivity contribution in [3.63, 3.8) is 0 Å². The van der Waals surface area contributed by atoms with E-state index in [9.17, 15) is 39.7 Å². The zero-order chi connectivity index (χ0) is 24.3. The highest BCUT2D eigenvalue weighted by Crippen LogP contribution is 2.40. The van der Waals surface area contributed by atoms with Gasteiger partial charge in [-0.1, -0.05) is 0 Å². The van der Waals surface area contributed by atoms with Crippen molar-refractivity contribution in [1.29, 1.82) is 0 Å². The predicted octanol–water partition coefficient (Wildman–Crippen LogP) is 2.79. The third-order valence-electron chi connectivity index (χ3n) is 5.10. The molecule has 0 aromatic heterocycles. The predicted molar refractivity (Wildman–Crippen MR) is 112 cm³/mol. The number of hydrogen-bond acceptors (Lipinski definition) is 8. The summed E-state index contributed by atoms with van der Waals surface area (Å²) >= 11 is 0. The molecule has 0 spiro atoms. The number of benzene rings is 2. The number of carbonyl (C=O) groups is 3. The number of nitrogens with zero attached hydrogens (tertiary/aromatic N) is 3. The number of hydrogen-bond donors (Lipinski definition) is 2. The molecule has 170 valence electrons. The van der Waals surface area contributed by atoms with Crippen LogP contribution in [0.3, 0.4) is 0 Å². The second kappa shape index (κ2) is 9.26. The molecule has 12 heteroatoms. The fourth-order valence-corrected chi connectivity index (χ4v) is 3.53. The van der Waals surface area contributed by atoms with Gasteiger partial charge in [-0.05, 0) is 36.2 Å². The van der Waals surface area contributed by atoms with Gasteiger partial charge >= 0.3 is 5.97 Å². The summed E-state index contributed by atoms with van der Waals surface area (Å²) in [4.78, 5) is 58.1. The normalized spacial score (nSPS) is 17.2. The van der Waals surface area contributed by atoms with E-state index in [4.69, 9.17) is 5.11 Å². The molecular formula is C21H17N3O9. The van der Waals surface area contributed by atoms with Crippen LogP contribution < -0.4 is 0 Å². The van der Waals surface area contributed by atoms with E-state index >= 15 is 0 Å². The zero-order valence-corrected chi connectivity index (χ0v) is 16.9. The molecule has 12 nitrogen and oxygen atoms in total. The van der Waals surface area contributed by atoms with E-state index in [-0.39, 0.29) is 41.9 Å². The number of aliphatic hydroxyl groups excluding tert-OH is 1. The summed E-state index contributed by atoms with van der Waals surface area (Å²) in [5.74, 6) is -3.66. The third kappa shape index (κ3) is 4.69. The summed E-state index contributed by atoms with van der Waals surface area (Å²) in [6, 6.07) is 8.59. The molecule has 3 rings (SSSR count). The van der Waals surface area contributed by atoms with Crippen molar-refractivity contribution in [1.82, 2.24) is 4.90 Å². The third-order valence-corrected chi connectivity index (χ3v) is 5.10. The highest BCUT2D eigenvalue weighted by atomic mass is 16.6. The summed E-state index contributed by atoms with van der Waals surface area (Å²) in [7, 11) is 0. The average molecular weight is 455 g/mol. The lowest BCUT2D eigenvalue weighted by Crippen LogP contribution is -2.31. The number of likely N-dealkylation sites (tertiary alicyclic amines) is 1. The minimum Gasteiger partial charge on any atom is -0.507 e. The van der Waals surface area contributed by atoms with Gasteiger partial charge < -0.3 is 15.1 Å². The minimum absolute atomic E-state index is 0.0312. The maximum absolute atomic E-state index is 12.8. The maximum Gasteiger partial charge on any atom is 0.303 e. The second-order valence-electron chi connectivity index (χ2n) is 7.14. The van der Waals surface area contributed by atoms with Crippen molar-refractivity contribution in [2.24, 2.45) is 0 Å². The Labute approximate surface area is 185 Å². The zero-order valence-electron chi connectivity index (χ0n) is 16.9. The molecule has 0 aliphatic carbocycles. The molecule has 0 bridgehead atoms. The number of carboxylic acid groups (broad SMARTS) is 1. The number of non-ortho nitro benzene ring substituents is 2. The van der Waals surface area contributed by atoms with Crippen molar-refractivity contribution in [2.75, 3.05) is 6.54 Å². The molecule has 33 heavy (non-hydrogen) atoms. The lowest BCUT2D eigenvalue weighted by Gasteiger charge is -2.25. The van der Waals surface area contributed by atoms with Crippen molar-refractivity contribution in [3.05, 3.63) is 85.5 Å². The van der Waals surface area contributed by atoms with Gasteiger partial charge in [0.1, 0.15) is 5.76 Å². The lowest BCUT2D eigenvalue weighted by molar-refractivity contribution is -0.385. The van der Waals surface area contributed by atoms with Crippen LogP contribution in [-0.2, 0) is 14.4 Å². The molecule has 1 atom stereocenters. The number of carboxylic acids is 1. The SMILES string of the molecule is O=C(O)CCCN1C(=O)C(=O)C(=C(O)c2ccc([N+](=O)[O-])cc2)C1c1ccc([N+](=O)[O-])cc1. The van der Waals surface area contributed by atoms with E-state index in [1.165, 1.54) is 36.4 Å². The van der Waals surface area contributed by atoms with E-state index in [0.717, 1.165) is 17.0 Å². The molecule has 1 fully saturated rings. The van der Waals surface area contributed by atoms with Crippen molar-refractivity contribution in [2.45, 2.75) is 18.9 Å². The Morgan fingerprint density at radius 3 is 1.91 bits per heavy atom. The quantitative estimate of drug-likeness (QED) is 0.199.